The van der Waals surface area contributed by atoms with Gasteiger partial charge in [0.25, 0.3) is 5.91 Å². The van der Waals surface area contributed by atoms with E-state index in [-0.39, 0.29) is 39.6 Å². The zero-order valence-corrected chi connectivity index (χ0v) is 21.8. The van der Waals surface area contributed by atoms with Crippen molar-refractivity contribution in [2.45, 2.75) is 62.5 Å². The van der Waals surface area contributed by atoms with Crippen molar-refractivity contribution in [3.8, 4) is 0 Å². The van der Waals surface area contributed by atoms with Crippen LogP contribution in [0.2, 0.25) is 5.02 Å². The molecule has 3 rings (SSSR count). The van der Waals surface area contributed by atoms with Gasteiger partial charge in [0.2, 0.25) is 0 Å². The van der Waals surface area contributed by atoms with Gasteiger partial charge in [0.1, 0.15) is 0 Å². The first-order valence-corrected chi connectivity index (χ1v) is 14.0. The highest BCUT2D eigenvalue weighted by atomic mass is 35.5. The van der Waals surface area contributed by atoms with Crippen LogP contribution in [-0.2, 0) is 9.84 Å². The fraction of sp³-hybridized carbons (Fsp3) is 0.500. The highest BCUT2D eigenvalue weighted by Gasteiger charge is 2.44. The molecule has 0 aromatic heterocycles. The third kappa shape index (κ3) is 6.23. The second-order valence-corrected chi connectivity index (χ2v) is 12.0. The van der Waals surface area contributed by atoms with Crippen LogP contribution in [0, 0.1) is 35.2 Å². The second kappa shape index (κ2) is 12.0. The Morgan fingerprint density at radius 1 is 1.17 bits per heavy atom. The minimum atomic E-state index is -3.92. The van der Waals surface area contributed by atoms with Gasteiger partial charge >= 0.3 is 0 Å². The van der Waals surface area contributed by atoms with Gasteiger partial charge in [-0.1, -0.05) is 31.9 Å². The minimum absolute atomic E-state index is 0.0180. The van der Waals surface area contributed by atoms with Crippen molar-refractivity contribution in [1.29, 1.82) is 0 Å². The number of nitrogens with one attached hydrogen (secondary N) is 1. The lowest BCUT2D eigenvalue weighted by Crippen LogP contribution is -2.32. The third-order valence-electron chi connectivity index (χ3n) is 7.10. The number of aliphatic hydroxyl groups is 1. The Balaban J connectivity index is 1.88. The highest BCUT2D eigenvalue weighted by molar-refractivity contribution is 7.92. The SMILES string of the molecule is CC[C@@H](CCCO)C[C@@H]1CCC(C)[C@@H]1S(=O)(=O)c1cc(C(=O)Nc2cc(F)c(F)c(F)c2)ccc1Cl. The number of rotatable bonds is 10. The van der Waals surface area contributed by atoms with Crippen LogP contribution < -0.4 is 5.32 Å². The molecule has 4 atom stereocenters. The van der Waals surface area contributed by atoms with Crippen molar-refractivity contribution in [1.82, 2.24) is 0 Å². The quantitative estimate of drug-likeness (QED) is 0.339. The highest BCUT2D eigenvalue weighted by Crippen LogP contribution is 2.44. The Hall–Kier alpha value is -2.10. The van der Waals surface area contributed by atoms with Crippen LogP contribution in [0.3, 0.4) is 0 Å². The average Bonchev–Trinajstić information content (AvgIpc) is 3.20. The van der Waals surface area contributed by atoms with Crippen LogP contribution in [0.15, 0.2) is 35.2 Å². The van der Waals surface area contributed by atoms with Crippen molar-refractivity contribution in [2.75, 3.05) is 11.9 Å². The van der Waals surface area contributed by atoms with Crippen molar-refractivity contribution in [3.05, 3.63) is 58.4 Å². The largest absolute Gasteiger partial charge is 0.396 e. The van der Waals surface area contributed by atoms with Crippen LogP contribution in [0.5, 0.6) is 0 Å². The van der Waals surface area contributed by atoms with E-state index in [4.69, 9.17) is 11.6 Å². The van der Waals surface area contributed by atoms with E-state index in [1.165, 1.54) is 18.2 Å². The van der Waals surface area contributed by atoms with Crippen LogP contribution in [-0.4, -0.2) is 31.3 Å². The summed E-state index contributed by atoms with van der Waals surface area (Å²) in [6, 6.07) is 5.06. The summed E-state index contributed by atoms with van der Waals surface area (Å²) < 4.78 is 67.9. The number of sulfone groups is 1. The summed E-state index contributed by atoms with van der Waals surface area (Å²) in [7, 11) is -3.92. The fourth-order valence-electron chi connectivity index (χ4n) is 5.22. The molecule has 1 unspecified atom stereocenters. The smallest absolute Gasteiger partial charge is 0.255 e. The summed E-state index contributed by atoms with van der Waals surface area (Å²) in [6.45, 7) is 4.06. The van der Waals surface area contributed by atoms with Gasteiger partial charge in [0, 0.05) is 30.0 Å². The van der Waals surface area contributed by atoms with Crippen LogP contribution in [0.1, 0.15) is 62.7 Å². The van der Waals surface area contributed by atoms with Crippen LogP contribution >= 0.6 is 11.6 Å². The number of hydrogen-bond donors (Lipinski definition) is 2. The molecule has 1 aliphatic carbocycles. The van der Waals surface area contributed by atoms with Crippen LogP contribution in [0.25, 0.3) is 0 Å². The lowest BCUT2D eigenvalue weighted by molar-refractivity contribution is 0.102. The molecular formula is C26H31ClF3NO4S. The fourth-order valence-corrected chi connectivity index (χ4v) is 8.08. The van der Waals surface area contributed by atoms with E-state index in [1.54, 1.807) is 0 Å². The minimum Gasteiger partial charge on any atom is -0.396 e. The molecule has 1 aliphatic rings. The Kier molecular flexibility index (Phi) is 9.46. The monoisotopic (exact) mass is 545 g/mol. The predicted octanol–water partition coefficient (Wildman–Crippen LogP) is 6.39. The molecular weight excluding hydrogens is 515 g/mol. The Labute approximate surface area is 215 Å². The molecule has 0 aliphatic heterocycles. The van der Waals surface area contributed by atoms with E-state index < -0.39 is 38.4 Å². The molecule has 0 radical (unpaired) electrons. The number of aliphatic hydroxyl groups excluding tert-OH is 1. The van der Waals surface area contributed by atoms with E-state index in [9.17, 15) is 31.5 Å². The number of carbonyl (C=O) groups is 1. The van der Waals surface area contributed by atoms with Crippen molar-refractivity contribution >= 4 is 33.0 Å². The normalized spacial score (nSPS) is 20.9. The maximum Gasteiger partial charge on any atom is 0.255 e. The molecule has 1 fully saturated rings. The Morgan fingerprint density at radius 2 is 1.83 bits per heavy atom. The summed E-state index contributed by atoms with van der Waals surface area (Å²) in [5.41, 5.74) is -0.381. The van der Waals surface area contributed by atoms with Gasteiger partial charge in [-0.2, -0.15) is 0 Å². The lowest BCUT2D eigenvalue weighted by atomic mass is 9.87. The second-order valence-electron chi connectivity index (χ2n) is 9.55. The Morgan fingerprint density at radius 3 is 2.44 bits per heavy atom. The van der Waals surface area contributed by atoms with E-state index in [1.807, 2.05) is 6.92 Å². The van der Waals surface area contributed by atoms with Gasteiger partial charge < -0.3 is 10.4 Å². The molecule has 0 bridgehead atoms. The van der Waals surface area contributed by atoms with E-state index in [2.05, 4.69) is 12.2 Å². The van der Waals surface area contributed by atoms with E-state index >= 15 is 0 Å². The average molecular weight is 546 g/mol. The topological polar surface area (TPSA) is 83.5 Å². The van der Waals surface area contributed by atoms with Crippen molar-refractivity contribution in [2.24, 2.45) is 17.8 Å². The van der Waals surface area contributed by atoms with Gasteiger partial charge in [-0.25, -0.2) is 21.6 Å². The van der Waals surface area contributed by atoms with Gasteiger partial charge in [-0.15, -0.1) is 0 Å². The first-order chi connectivity index (χ1) is 17.0. The Bertz CT molecular complexity index is 1180. The molecule has 0 saturated heterocycles. The van der Waals surface area contributed by atoms with Crippen LogP contribution in [0.4, 0.5) is 18.9 Å². The summed E-state index contributed by atoms with van der Waals surface area (Å²) in [4.78, 5) is 12.6. The van der Waals surface area contributed by atoms with E-state index in [0.717, 1.165) is 32.1 Å². The van der Waals surface area contributed by atoms with Gasteiger partial charge in [0.05, 0.1) is 15.2 Å². The molecule has 2 aromatic rings. The molecule has 0 heterocycles. The molecule has 2 aromatic carbocycles. The molecule has 2 N–H and O–H groups in total. The number of amides is 1. The molecule has 10 heteroatoms. The maximum atomic E-state index is 13.8. The van der Waals surface area contributed by atoms with Gasteiger partial charge in [-0.3, -0.25) is 4.79 Å². The van der Waals surface area contributed by atoms with E-state index in [0.29, 0.717) is 24.5 Å². The molecule has 5 nitrogen and oxygen atoms in total. The summed E-state index contributed by atoms with van der Waals surface area (Å²) >= 11 is 6.30. The third-order valence-corrected chi connectivity index (χ3v) is 10.1. The zero-order valence-electron chi connectivity index (χ0n) is 20.2. The van der Waals surface area contributed by atoms with Gasteiger partial charge in [0.15, 0.2) is 27.3 Å². The standard InChI is InChI=1S/C26H31ClF3NO4S/c1-3-16(5-4-10-32)11-17-7-6-15(2)25(17)36(34,35)23-12-18(8-9-20(23)27)26(33)31-19-13-21(28)24(30)22(29)14-19/h8-9,12-17,25,32H,3-7,10-11H2,1-2H3,(H,31,33)/t15?,16-,17-,25-/m0/s1. The number of benzene rings is 2. The summed E-state index contributed by atoms with van der Waals surface area (Å²) in [6.07, 6.45) is 4.63. The first-order valence-electron chi connectivity index (χ1n) is 12.1. The predicted molar refractivity (Wildman–Crippen MR) is 133 cm³/mol. The molecule has 36 heavy (non-hydrogen) atoms. The first kappa shape index (κ1) is 28.5. The maximum absolute atomic E-state index is 13.8. The molecule has 0 spiro atoms. The number of halogens is 4. The summed E-state index contributed by atoms with van der Waals surface area (Å²) in [5.74, 6) is -5.28. The lowest BCUT2D eigenvalue weighted by Gasteiger charge is -2.27. The zero-order chi connectivity index (χ0) is 26.6. The van der Waals surface area contributed by atoms with Crippen molar-refractivity contribution < 1.29 is 31.5 Å². The molecule has 1 saturated carbocycles. The molecule has 1 amide bonds. The number of anilines is 1. The summed E-state index contributed by atoms with van der Waals surface area (Å²) in [5, 5.41) is 10.8. The number of carbonyl (C=O) groups excluding carboxylic acids is 1. The van der Waals surface area contributed by atoms with Gasteiger partial charge in [-0.05, 0) is 68.1 Å². The number of hydrogen-bond acceptors (Lipinski definition) is 4. The molecule has 198 valence electrons. The van der Waals surface area contributed by atoms with Crippen molar-refractivity contribution in [3.63, 3.8) is 0 Å².